The highest BCUT2D eigenvalue weighted by molar-refractivity contribution is 7.89. The summed E-state index contributed by atoms with van der Waals surface area (Å²) in [5.41, 5.74) is 1.53. The summed E-state index contributed by atoms with van der Waals surface area (Å²) >= 11 is 0. The number of hydrogen-bond acceptors (Lipinski definition) is 5. The van der Waals surface area contributed by atoms with Crippen molar-refractivity contribution in [3.05, 3.63) is 36.4 Å². The van der Waals surface area contributed by atoms with E-state index in [0.717, 1.165) is 12.0 Å². The topological polar surface area (TPSA) is 72.6 Å². The van der Waals surface area contributed by atoms with Crippen molar-refractivity contribution >= 4 is 10.0 Å². The van der Waals surface area contributed by atoms with E-state index in [4.69, 9.17) is 9.15 Å². The molecule has 1 aromatic carbocycles. The van der Waals surface area contributed by atoms with E-state index in [1.165, 1.54) is 4.31 Å². The zero-order chi connectivity index (χ0) is 16.4. The van der Waals surface area contributed by atoms with Gasteiger partial charge < -0.3 is 9.15 Å². The molecule has 1 aromatic heterocycles. The van der Waals surface area contributed by atoms with Crippen LogP contribution in [0.1, 0.15) is 19.2 Å². The fraction of sp³-hybridized carbons (Fsp3) is 0.438. The maximum Gasteiger partial charge on any atom is 0.243 e. The molecule has 1 aliphatic heterocycles. The second kappa shape index (κ2) is 6.43. The molecule has 0 saturated carbocycles. The van der Waals surface area contributed by atoms with E-state index in [2.05, 4.69) is 4.98 Å². The van der Waals surface area contributed by atoms with Crippen molar-refractivity contribution in [3.63, 3.8) is 0 Å². The highest BCUT2D eigenvalue weighted by Gasteiger charge is 2.30. The molecular formula is C16H20N2O4S. The molecule has 1 saturated heterocycles. The van der Waals surface area contributed by atoms with Crippen molar-refractivity contribution in [2.75, 3.05) is 19.7 Å². The highest BCUT2D eigenvalue weighted by Crippen LogP contribution is 2.24. The van der Waals surface area contributed by atoms with Crippen LogP contribution in [0, 0.1) is 6.92 Å². The van der Waals surface area contributed by atoms with Gasteiger partial charge in [0.15, 0.2) is 5.89 Å². The molecule has 2 heterocycles. The van der Waals surface area contributed by atoms with E-state index >= 15 is 0 Å². The summed E-state index contributed by atoms with van der Waals surface area (Å²) in [6.45, 7) is 5.00. The number of aryl methyl sites for hydroxylation is 1. The molecule has 0 bridgehead atoms. The number of rotatable bonds is 4. The van der Waals surface area contributed by atoms with Gasteiger partial charge in [0.25, 0.3) is 0 Å². The first-order valence-electron chi connectivity index (χ1n) is 7.65. The average Bonchev–Trinajstić information content (AvgIpc) is 3.01. The fourth-order valence-corrected chi connectivity index (χ4v) is 4.06. The van der Waals surface area contributed by atoms with Crippen LogP contribution in [0.25, 0.3) is 11.3 Å². The Morgan fingerprint density at radius 3 is 2.65 bits per heavy atom. The molecule has 0 amide bonds. The quantitative estimate of drug-likeness (QED) is 0.857. The Kier molecular flexibility index (Phi) is 4.52. The number of sulfonamides is 1. The van der Waals surface area contributed by atoms with E-state index in [-0.39, 0.29) is 6.10 Å². The first-order chi connectivity index (χ1) is 11.0. The lowest BCUT2D eigenvalue weighted by atomic mass is 10.2. The number of oxazole rings is 1. The molecule has 3 rings (SSSR count). The Balaban J connectivity index is 1.83. The van der Waals surface area contributed by atoms with Crippen molar-refractivity contribution in [2.45, 2.75) is 31.3 Å². The molecule has 1 fully saturated rings. The normalized spacial score (nSPS) is 19.8. The van der Waals surface area contributed by atoms with Gasteiger partial charge in [-0.3, -0.25) is 0 Å². The maximum atomic E-state index is 12.7. The Bertz CT molecular complexity index is 768. The lowest BCUT2D eigenvalue weighted by Gasteiger charge is -2.31. The standard InChI is InChI=1S/C16H20N2O4S/c1-3-14-10-18(8-9-21-14)23(19,20)15-6-4-13(5-7-15)16-11-22-12(2)17-16/h4-7,11,14H,3,8-10H2,1-2H3. The number of nitrogens with zero attached hydrogens (tertiary/aromatic N) is 2. The van der Waals surface area contributed by atoms with Gasteiger partial charge in [-0.2, -0.15) is 4.31 Å². The summed E-state index contributed by atoms with van der Waals surface area (Å²) < 4.78 is 37.7. The molecule has 2 aromatic rings. The number of ether oxygens (including phenoxy) is 1. The van der Waals surface area contributed by atoms with Crippen molar-refractivity contribution in [1.29, 1.82) is 0 Å². The minimum Gasteiger partial charge on any atom is -0.449 e. The van der Waals surface area contributed by atoms with Gasteiger partial charge >= 0.3 is 0 Å². The highest BCUT2D eigenvalue weighted by atomic mass is 32.2. The molecule has 0 radical (unpaired) electrons. The number of morpholine rings is 1. The van der Waals surface area contributed by atoms with Crippen LogP contribution in [0.15, 0.2) is 39.8 Å². The molecule has 0 aliphatic carbocycles. The smallest absolute Gasteiger partial charge is 0.243 e. The van der Waals surface area contributed by atoms with Gasteiger partial charge in [-0.25, -0.2) is 13.4 Å². The van der Waals surface area contributed by atoms with Crippen LogP contribution >= 0.6 is 0 Å². The first kappa shape index (κ1) is 16.2. The first-order valence-corrected chi connectivity index (χ1v) is 9.09. The molecule has 124 valence electrons. The molecule has 7 heteroatoms. The largest absolute Gasteiger partial charge is 0.449 e. The van der Waals surface area contributed by atoms with Crippen LogP contribution in [-0.2, 0) is 14.8 Å². The third-order valence-electron chi connectivity index (χ3n) is 3.96. The molecule has 23 heavy (non-hydrogen) atoms. The molecule has 6 nitrogen and oxygen atoms in total. The Hall–Kier alpha value is -1.70. The number of benzene rings is 1. The second-order valence-electron chi connectivity index (χ2n) is 5.54. The van der Waals surface area contributed by atoms with Gasteiger partial charge in [-0.15, -0.1) is 0 Å². The third kappa shape index (κ3) is 3.31. The van der Waals surface area contributed by atoms with E-state index in [1.54, 1.807) is 37.5 Å². The monoisotopic (exact) mass is 336 g/mol. The van der Waals surface area contributed by atoms with Crippen LogP contribution in [0.5, 0.6) is 0 Å². The third-order valence-corrected chi connectivity index (χ3v) is 5.84. The predicted molar refractivity (Wildman–Crippen MR) is 85.5 cm³/mol. The van der Waals surface area contributed by atoms with E-state index < -0.39 is 10.0 Å². The van der Waals surface area contributed by atoms with Crippen molar-refractivity contribution in [2.24, 2.45) is 0 Å². The van der Waals surface area contributed by atoms with Crippen LogP contribution in [0.4, 0.5) is 0 Å². The van der Waals surface area contributed by atoms with Crippen molar-refractivity contribution < 1.29 is 17.6 Å². The zero-order valence-electron chi connectivity index (χ0n) is 13.2. The summed E-state index contributed by atoms with van der Waals surface area (Å²) in [7, 11) is -3.49. The minimum atomic E-state index is -3.49. The van der Waals surface area contributed by atoms with Gasteiger partial charge in [-0.05, 0) is 18.6 Å². The molecule has 1 atom stereocenters. The van der Waals surface area contributed by atoms with Gasteiger partial charge in [-0.1, -0.05) is 19.1 Å². The van der Waals surface area contributed by atoms with Crippen LogP contribution in [0.3, 0.4) is 0 Å². The Morgan fingerprint density at radius 2 is 2.04 bits per heavy atom. The summed E-state index contributed by atoms with van der Waals surface area (Å²) in [5, 5.41) is 0. The van der Waals surface area contributed by atoms with Crippen molar-refractivity contribution in [1.82, 2.24) is 9.29 Å². The predicted octanol–water partition coefficient (Wildman–Crippen LogP) is 2.45. The molecule has 1 unspecified atom stereocenters. The summed E-state index contributed by atoms with van der Waals surface area (Å²) in [6, 6.07) is 6.74. The van der Waals surface area contributed by atoms with Crippen molar-refractivity contribution in [3.8, 4) is 11.3 Å². The maximum absolute atomic E-state index is 12.7. The minimum absolute atomic E-state index is 0.0316. The van der Waals surface area contributed by atoms with E-state index in [0.29, 0.717) is 36.2 Å². The van der Waals surface area contributed by atoms with Gasteiger partial charge in [0, 0.05) is 25.6 Å². The van der Waals surface area contributed by atoms with E-state index in [9.17, 15) is 8.42 Å². The summed E-state index contributed by atoms with van der Waals surface area (Å²) in [6.07, 6.45) is 2.33. The van der Waals surface area contributed by atoms with Gasteiger partial charge in [0.2, 0.25) is 10.0 Å². The second-order valence-corrected chi connectivity index (χ2v) is 7.48. The Morgan fingerprint density at radius 1 is 1.30 bits per heavy atom. The zero-order valence-corrected chi connectivity index (χ0v) is 14.0. The van der Waals surface area contributed by atoms with Gasteiger partial charge in [0.05, 0.1) is 17.6 Å². The molecule has 0 spiro atoms. The van der Waals surface area contributed by atoms with Crippen LogP contribution in [0.2, 0.25) is 0 Å². The van der Waals surface area contributed by atoms with Crippen LogP contribution < -0.4 is 0 Å². The molecule has 0 N–H and O–H groups in total. The molecule has 1 aliphatic rings. The average molecular weight is 336 g/mol. The summed E-state index contributed by atoms with van der Waals surface area (Å²) in [4.78, 5) is 4.53. The van der Waals surface area contributed by atoms with E-state index in [1.807, 2.05) is 6.92 Å². The van der Waals surface area contributed by atoms with Gasteiger partial charge in [0.1, 0.15) is 12.0 Å². The Labute approximate surface area is 136 Å². The lowest BCUT2D eigenvalue weighted by molar-refractivity contribution is -0.00277. The SMILES string of the molecule is CCC1CN(S(=O)(=O)c2ccc(-c3coc(C)n3)cc2)CCO1. The summed E-state index contributed by atoms with van der Waals surface area (Å²) in [5.74, 6) is 0.579. The lowest BCUT2D eigenvalue weighted by Crippen LogP contribution is -2.45. The number of aromatic nitrogens is 1. The fourth-order valence-electron chi connectivity index (χ4n) is 2.60. The van der Waals surface area contributed by atoms with Crippen LogP contribution in [-0.4, -0.2) is 43.5 Å². The number of hydrogen-bond donors (Lipinski definition) is 0. The molecular weight excluding hydrogens is 316 g/mol.